The molecule has 0 saturated heterocycles. The van der Waals surface area contributed by atoms with Gasteiger partial charge >= 0.3 is 0 Å². The van der Waals surface area contributed by atoms with Crippen molar-refractivity contribution in [1.29, 1.82) is 0 Å². The van der Waals surface area contributed by atoms with E-state index in [4.69, 9.17) is 16.3 Å². The minimum Gasteiger partial charge on any atom is -0.495 e. The Morgan fingerprint density at radius 1 is 1.24 bits per heavy atom. The summed E-state index contributed by atoms with van der Waals surface area (Å²) in [5, 5.41) is 13.4. The second-order valence-electron chi connectivity index (χ2n) is 4.41. The normalized spacial score (nSPS) is 12.0. The zero-order valence-electron chi connectivity index (χ0n) is 11.2. The fraction of sp³-hybridized carbons (Fsp3) is 0.200. The summed E-state index contributed by atoms with van der Waals surface area (Å²) in [6.07, 6.45) is -1.20. The molecule has 0 saturated carbocycles. The van der Waals surface area contributed by atoms with Crippen molar-refractivity contribution in [2.24, 2.45) is 0 Å². The van der Waals surface area contributed by atoms with Crippen LogP contribution in [0.25, 0.3) is 0 Å². The van der Waals surface area contributed by atoms with Crippen LogP contribution in [0.15, 0.2) is 36.4 Å². The van der Waals surface area contributed by atoms with Crippen LogP contribution in [0, 0.1) is 11.6 Å². The number of methoxy groups -OCH3 is 1. The van der Waals surface area contributed by atoms with Crippen molar-refractivity contribution in [2.45, 2.75) is 6.10 Å². The van der Waals surface area contributed by atoms with Crippen molar-refractivity contribution in [3.8, 4) is 5.75 Å². The molecular weight excluding hydrogens is 300 g/mol. The Bertz CT molecular complexity index is 637. The van der Waals surface area contributed by atoms with Crippen LogP contribution in [0.2, 0.25) is 5.02 Å². The largest absolute Gasteiger partial charge is 0.495 e. The Balaban J connectivity index is 2.12. The molecule has 0 bridgehead atoms. The molecule has 1 unspecified atom stereocenters. The summed E-state index contributed by atoms with van der Waals surface area (Å²) in [5.74, 6) is -0.735. The van der Waals surface area contributed by atoms with Gasteiger partial charge in [0.1, 0.15) is 17.4 Å². The summed E-state index contributed by atoms with van der Waals surface area (Å²) in [7, 11) is 1.50. The molecule has 0 heterocycles. The highest BCUT2D eigenvalue weighted by Gasteiger charge is 2.14. The molecule has 112 valence electrons. The average Bonchev–Trinajstić information content (AvgIpc) is 2.47. The fourth-order valence-corrected chi connectivity index (χ4v) is 2.08. The van der Waals surface area contributed by atoms with Crippen LogP contribution in [-0.2, 0) is 0 Å². The highest BCUT2D eigenvalue weighted by Crippen LogP contribution is 2.28. The summed E-state index contributed by atoms with van der Waals surface area (Å²) in [6, 6.07) is 7.90. The molecular formula is C15H14ClF2NO2. The van der Waals surface area contributed by atoms with Gasteiger partial charge in [-0.2, -0.15) is 0 Å². The van der Waals surface area contributed by atoms with Crippen LogP contribution in [0.1, 0.15) is 11.7 Å². The van der Waals surface area contributed by atoms with Crippen molar-refractivity contribution in [2.75, 3.05) is 19.0 Å². The van der Waals surface area contributed by atoms with E-state index in [1.165, 1.54) is 7.11 Å². The van der Waals surface area contributed by atoms with Gasteiger partial charge in [0, 0.05) is 17.1 Å². The number of hydrogen-bond acceptors (Lipinski definition) is 3. The van der Waals surface area contributed by atoms with Crippen LogP contribution < -0.4 is 10.1 Å². The molecule has 0 spiro atoms. The smallest absolute Gasteiger partial charge is 0.142 e. The molecule has 0 fully saturated rings. The third-order valence-electron chi connectivity index (χ3n) is 2.96. The van der Waals surface area contributed by atoms with Crippen molar-refractivity contribution >= 4 is 17.3 Å². The third kappa shape index (κ3) is 3.83. The van der Waals surface area contributed by atoms with Crippen LogP contribution in [0.5, 0.6) is 5.75 Å². The Morgan fingerprint density at radius 2 is 2.00 bits per heavy atom. The van der Waals surface area contributed by atoms with Gasteiger partial charge < -0.3 is 15.2 Å². The number of nitrogens with one attached hydrogen (secondary N) is 1. The van der Waals surface area contributed by atoms with Gasteiger partial charge in [-0.05, 0) is 36.4 Å². The van der Waals surface area contributed by atoms with E-state index in [2.05, 4.69) is 5.32 Å². The highest BCUT2D eigenvalue weighted by molar-refractivity contribution is 6.30. The van der Waals surface area contributed by atoms with Gasteiger partial charge in [-0.1, -0.05) is 11.6 Å². The van der Waals surface area contributed by atoms with Gasteiger partial charge in [-0.15, -0.1) is 0 Å². The first-order valence-corrected chi connectivity index (χ1v) is 6.59. The lowest BCUT2D eigenvalue weighted by Crippen LogP contribution is -2.14. The lowest BCUT2D eigenvalue weighted by atomic mass is 10.1. The summed E-state index contributed by atoms with van der Waals surface area (Å²) in [4.78, 5) is 0. The predicted molar refractivity (Wildman–Crippen MR) is 77.8 cm³/mol. The molecule has 21 heavy (non-hydrogen) atoms. The zero-order chi connectivity index (χ0) is 15.4. The number of anilines is 1. The molecule has 0 radical (unpaired) electrons. The molecule has 0 amide bonds. The number of hydrogen-bond donors (Lipinski definition) is 2. The number of rotatable bonds is 5. The number of ether oxygens (including phenoxy) is 1. The third-order valence-corrected chi connectivity index (χ3v) is 3.20. The highest BCUT2D eigenvalue weighted by atomic mass is 35.5. The molecule has 2 rings (SSSR count). The van der Waals surface area contributed by atoms with Crippen molar-refractivity contribution in [3.63, 3.8) is 0 Å². The van der Waals surface area contributed by atoms with Crippen LogP contribution >= 0.6 is 11.6 Å². The maximum absolute atomic E-state index is 13.6. The van der Waals surface area contributed by atoms with E-state index in [1.54, 1.807) is 18.2 Å². The number of aliphatic hydroxyl groups is 1. The van der Waals surface area contributed by atoms with Gasteiger partial charge in [0.05, 0.1) is 18.9 Å². The molecule has 3 nitrogen and oxygen atoms in total. The lowest BCUT2D eigenvalue weighted by Gasteiger charge is -2.16. The Kier molecular flexibility index (Phi) is 4.98. The fourth-order valence-electron chi connectivity index (χ4n) is 1.90. The van der Waals surface area contributed by atoms with Crippen LogP contribution in [0.3, 0.4) is 0 Å². The van der Waals surface area contributed by atoms with Gasteiger partial charge in [0.25, 0.3) is 0 Å². The van der Waals surface area contributed by atoms with E-state index in [1.807, 2.05) is 0 Å². The van der Waals surface area contributed by atoms with Crippen molar-refractivity contribution in [1.82, 2.24) is 0 Å². The minimum absolute atomic E-state index is 0.0168. The summed E-state index contributed by atoms with van der Waals surface area (Å²) < 4.78 is 31.8. The molecule has 6 heteroatoms. The Hall–Kier alpha value is -1.85. The second-order valence-corrected chi connectivity index (χ2v) is 4.84. The first kappa shape index (κ1) is 15.5. The zero-order valence-corrected chi connectivity index (χ0v) is 12.0. The Morgan fingerprint density at radius 3 is 2.71 bits per heavy atom. The first-order valence-electron chi connectivity index (χ1n) is 6.21. The Labute approximate surface area is 126 Å². The van der Waals surface area contributed by atoms with E-state index in [0.29, 0.717) is 16.5 Å². The number of halogens is 3. The van der Waals surface area contributed by atoms with Gasteiger partial charge in [0.2, 0.25) is 0 Å². The summed E-state index contributed by atoms with van der Waals surface area (Å²) in [5.41, 5.74) is 0.448. The van der Waals surface area contributed by atoms with Gasteiger partial charge in [-0.3, -0.25) is 0 Å². The molecule has 0 aliphatic rings. The van der Waals surface area contributed by atoms with Crippen LogP contribution in [0.4, 0.5) is 14.5 Å². The first-order chi connectivity index (χ1) is 10.0. The van der Waals surface area contributed by atoms with Gasteiger partial charge in [0.15, 0.2) is 0 Å². The predicted octanol–water partition coefficient (Wildman–Crippen LogP) is 3.77. The van der Waals surface area contributed by atoms with E-state index in [0.717, 1.165) is 18.2 Å². The summed E-state index contributed by atoms with van der Waals surface area (Å²) in [6.45, 7) is -0.0168. The quantitative estimate of drug-likeness (QED) is 0.883. The lowest BCUT2D eigenvalue weighted by molar-refractivity contribution is 0.186. The van der Waals surface area contributed by atoms with E-state index in [9.17, 15) is 13.9 Å². The van der Waals surface area contributed by atoms with Crippen molar-refractivity contribution in [3.05, 3.63) is 58.6 Å². The SMILES string of the molecule is COc1ccc(Cl)cc1NCC(O)c1cc(F)ccc1F. The maximum Gasteiger partial charge on any atom is 0.142 e. The van der Waals surface area contributed by atoms with Crippen LogP contribution in [-0.4, -0.2) is 18.8 Å². The molecule has 0 aromatic heterocycles. The monoisotopic (exact) mass is 313 g/mol. The maximum atomic E-state index is 13.6. The van der Waals surface area contributed by atoms with E-state index in [-0.39, 0.29) is 12.1 Å². The minimum atomic E-state index is -1.20. The number of aliphatic hydroxyl groups excluding tert-OH is 1. The van der Waals surface area contributed by atoms with Gasteiger partial charge in [-0.25, -0.2) is 8.78 Å². The molecule has 1 atom stereocenters. The average molecular weight is 314 g/mol. The summed E-state index contributed by atoms with van der Waals surface area (Å²) >= 11 is 5.88. The topological polar surface area (TPSA) is 41.5 Å². The second kappa shape index (κ2) is 6.74. The molecule has 0 aliphatic carbocycles. The van der Waals surface area contributed by atoms with Crippen molar-refractivity contribution < 1.29 is 18.6 Å². The molecule has 0 aliphatic heterocycles. The molecule has 2 N–H and O–H groups in total. The van der Waals surface area contributed by atoms with E-state index < -0.39 is 17.7 Å². The molecule has 2 aromatic rings. The standard InChI is InChI=1S/C15H14ClF2NO2/c1-21-15-5-2-9(16)6-13(15)19-8-14(20)11-7-10(17)3-4-12(11)18/h2-7,14,19-20H,8H2,1H3. The number of benzene rings is 2. The molecule has 2 aromatic carbocycles. The van der Waals surface area contributed by atoms with E-state index >= 15 is 0 Å².